The zero-order valence-corrected chi connectivity index (χ0v) is 13.8. The fourth-order valence-electron chi connectivity index (χ4n) is 3.29. The Labute approximate surface area is 137 Å². The van der Waals surface area contributed by atoms with Gasteiger partial charge in [0.2, 0.25) is 0 Å². The Balaban J connectivity index is 1.88. The third-order valence-corrected chi connectivity index (χ3v) is 4.40. The van der Waals surface area contributed by atoms with Crippen LogP contribution in [-0.4, -0.2) is 10.6 Å². The Morgan fingerprint density at radius 1 is 0.826 bits per heavy atom. The van der Waals surface area contributed by atoms with E-state index in [9.17, 15) is 0 Å². The zero-order valence-electron chi connectivity index (χ0n) is 13.8. The summed E-state index contributed by atoms with van der Waals surface area (Å²) in [6, 6.07) is 23.6. The molecule has 23 heavy (non-hydrogen) atoms. The van der Waals surface area contributed by atoms with Gasteiger partial charge in [-0.25, -0.2) is 0 Å². The Hall–Kier alpha value is -2.32. The van der Waals surface area contributed by atoms with Crippen LogP contribution in [-0.2, 0) is 0 Å². The first-order valence-corrected chi connectivity index (χ1v) is 8.09. The van der Waals surface area contributed by atoms with E-state index in [1.54, 1.807) is 0 Å². The predicted octanol–water partition coefficient (Wildman–Crippen LogP) is 5.34. The smallest absolute Gasteiger partial charge is 0.152 e. The fourth-order valence-corrected chi connectivity index (χ4v) is 3.29. The van der Waals surface area contributed by atoms with Gasteiger partial charge in [0.15, 0.2) is 5.75 Å². The van der Waals surface area contributed by atoms with E-state index in [0.29, 0.717) is 0 Å². The molecule has 3 aromatic rings. The van der Waals surface area contributed by atoms with Crippen molar-refractivity contribution in [3.8, 4) is 5.75 Å². The van der Waals surface area contributed by atoms with Gasteiger partial charge >= 0.3 is 0 Å². The van der Waals surface area contributed by atoms with Crippen molar-refractivity contribution in [1.82, 2.24) is 5.06 Å². The molecule has 1 aliphatic heterocycles. The number of nitrogens with zero attached hydrogens (tertiary/aromatic N) is 1. The molecule has 0 fully saturated rings. The summed E-state index contributed by atoms with van der Waals surface area (Å²) in [5, 5.41) is 4.65. The molecule has 1 unspecified atom stereocenters. The number of fused-ring (bicyclic) bond motifs is 2. The maximum absolute atomic E-state index is 6.18. The van der Waals surface area contributed by atoms with Gasteiger partial charge < -0.3 is 4.84 Å². The summed E-state index contributed by atoms with van der Waals surface area (Å²) in [5.74, 6) is 0.959. The largest absolute Gasteiger partial charge is 0.404 e. The molecule has 4 rings (SSSR count). The van der Waals surface area contributed by atoms with Crippen molar-refractivity contribution in [2.45, 2.75) is 32.4 Å². The maximum atomic E-state index is 6.18. The van der Waals surface area contributed by atoms with Gasteiger partial charge in [-0.3, -0.25) is 0 Å². The van der Waals surface area contributed by atoms with Crippen LogP contribution in [0.5, 0.6) is 5.75 Å². The monoisotopic (exact) mass is 303 g/mol. The first kappa shape index (κ1) is 14.3. The Morgan fingerprint density at radius 2 is 1.52 bits per heavy atom. The van der Waals surface area contributed by atoms with Crippen LogP contribution in [0, 0.1) is 0 Å². The van der Waals surface area contributed by atoms with Gasteiger partial charge in [-0.2, -0.15) is 0 Å². The molecule has 0 saturated heterocycles. The van der Waals surface area contributed by atoms with Crippen LogP contribution >= 0.6 is 0 Å². The molecular formula is C21H21NO. The highest BCUT2D eigenvalue weighted by Crippen LogP contribution is 2.45. The molecule has 0 amide bonds. The van der Waals surface area contributed by atoms with Gasteiger partial charge in [0.1, 0.15) is 6.04 Å². The second-order valence-corrected chi connectivity index (χ2v) is 7.13. The first-order chi connectivity index (χ1) is 11.0. The third-order valence-electron chi connectivity index (χ3n) is 4.40. The van der Waals surface area contributed by atoms with E-state index in [0.717, 1.165) is 5.75 Å². The lowest BCUT2D eigenvalue weighted by Crippen LogP contribution is -2.43. The van der Waals surface area contributed by atoms with E-state index < -0.39 is 0 Å². The summed E-state index contributed by atoms with van der Waals surface area (Å²) in [6.07, 6.45) is 0. The van der Waals surface area contributed by atoms with Crippen LogP contribution in [0.1, 0.15) is 37.9 Å². The molecule has 0 N–H and O–H groups in total. The van der Waals surface area contributed by atoms with Crippen LogP contribution in [0.2, 0.25) is 0 Å². The normalized spacial score (nSPS) is 18.0. The first-order valence-electron chi connectivity index (χ1n) is 8.09. The molecule has 0 aromatic heterocycles. The molecule has 0 spiro atoms. The molecule has 0 radical (unpaired) electrons. The fraction of sp³-hybridized carbons (Fsp3) is 0.238. The second kappa shape index (κ2) is 5.10. The molecule has 2 heteroatoms. The van der Waals surface area contributed by atoms with E-state index in [4.69, 9.17) is 4.84 Å². The number of hydrogen-bond donors (Lipinski definition) is 0. The predicted molar refractivity (Wildman–Crippen MR) is 94.5 cm³/mol. The van der Waals surface area contributed by atoms with Crippen LogP contribution < -0.4 is 4.84 Å². The molecule has 0 saturated carbocycles. The highest BCUT2D eigenvalue weighted by Gasteiger charge is 2.40. The number of hydroxylamine groups is 2. The van der Waals surface area contributed by atoms with Crippen molar-refractivity contribution in [2.24, 2.45) is 0 Å². The lowest BCUT2D eigenvalue weighted by atomic mass is 9.94. The summed E-state index contributed by atoms with van der Waals surface area (Å²) in [6.45, 7) is 6.56. The summed E-state index contributed by atoms with van der Waals surface area (Å²) in [7, 11) is 0. The van der Waals surface area contributed by atoms with Crippen molar-refractivity contribution < 1.29 is 4.84 Å². The van der Waals surface area contributed by atoms with Gasteiger partial charge in [0.05, 0.1) is 0 Å². The zero-order chi connectivity index (χ0) is 16.0. The molecule has 0 aliphatic carbocycles. The van der Waals surface area contributed by atoms with Gasteiger partial charge in [-0.1, -0.05) is 54.6 Å². The summed E-state index contributed by atoms with van der Waals surface area (Å²) in [4.78, 5) is 6.18. The second-order valence-electron chi connectivity index (χ2n) is 7.13. The molecule has 116 valence electrons. The molecule has 1 atom stereocenters. The van der Waals surface area contributed by atoms with Crippen molar-refractivity contribution in [3.63, 3.8) is 0 Å². The van der Waals surface area contributed by atoms with Crippen molar-refractivity contribution >= 4 is 10.8 Å². The quantitative estimate of drug-likeness (QED) is 0.602. The van der Waals surface area contributed by atoms with Crippen molar-refractivity contribution in [2.75, 3.05) is 0 Å². The van der Waals surface area contributed by atoms with Gasteiger partial charge in [-0.15, -0.1) is 5.06 Å². The number of para-hydroxylation sites is 1. The molecule has 3 aromatic carbocycles. The molecule has 1 heterocycles. The van der Waals surface area contributed by atoms with E-state index in [1.165, 1.54) is 21.9 Å². The number of benzene rings is 3. The minimum absolute atomic E-state index is 0.0880. The van der Waals surface area contributed by atoms with Crippen molar-refractivity contribution in [3.05, 3.63) is 77.9 Å². The van der Waals surface area contributed by atoms with E-state index in [1.807, 2.05) is 6.07 Å². The van der Waals surface area contributed by atoms with Gasteiger partial charge in [0, 0.05) is 11.1 Å². The van der Waals surface area contributed by atoms with E-state index in [-0.39, 0.29) is 11.6 Å². The Kier molecular flexibility index (Phi) is 3.17. The average molecular weight is 303 g/mol. The molecule has 2 nitrogen and oxygen atoms in total. The summed E-state index contributed by atoms with van der Waals surface area (Å²) < 4.78 is 0. The van der Waals surface area contributed by atoms with Crippen LogP contribution in [0.3, 0.4) is 0 Å². The van der Waals surface area contributed by atoms with Crippen LogP contribution in [0.25, 0.3) is 10.8 Å². The lowest BCUT2D eigenvalue weighted by Gasteiger charge is -2.34. The van der Waals surface area contributed by atoms with Crippen molar-refractivity contribution in [1.29, 1.82) is 0 Å². The molecule has 0 bridgehead atoms. The van der Waals surface area contributed by atoms with E-state index in [2.05, 4.69) is 86.5 Å². The van der Waals surface area contributed by atoms with Gasteiger partial charge in [0.25, 0.3) is 0 Å². The summed E-state index contributed by atoms with van der Waals surface area (Å²) >= 11 is 0. The minimum Gasteiger partial charge on any atom is -0.404 e. The number of rotatable bonds is 1. The average Bonchev–Trinajstić information content (AvgIpc) is 2.94. The maximum Gasteiger partial charge on any atom is 0.152 e. The summed E-state index contributed by atoms with van der Waals surface area (Å²) in [5.41, 5.74) is 2.41. The lowest BCUT2D eigenvalue weighted by molar-refractivity contribution is -0.128. The van der Waals surface area contributed by atoms with E-state index >= 15 is 0 Å². The Bertz CT molecular complexity index is 863. The van der Waals surface area contributed by atoms with Crippen LogP contribution in [0.4, 0.5) is 0 Å². The van der Waals surface area contributed by atoms with Gasteiger partial charge in [-0.05, 0) is 49.2 Å². The molecular weight excluding hydrogens is 282 g/mol. The standard InChI is InChI=1S/C21H21NO/c1-21(2,3)22-20(18-10-6-7-11-19(18)23-22)17-13-12-15-8-4-5-9-16(15)14-17/h4-14,20H,1-3H3. The Morgan fingerprint density at radius 3 is 2.30 bits per heavy atom. The van der Waals surface area contributed by atoms with Crippen LogP contribution in [0.15, 0.2) is 66.7 Å². The SMILES string of the molecule is CC(C)(C)N1Oc2ccccc2C1c1ccc2ccccc2c1. The minimum atomic E-state index is -0.0880. The highest BCUT2D eigenvalue weighted by molar-refractivity contribution is 5.83. The third kappa shape index (κ3) is 2.40. The number of hydrogen-bond acceptors (Lipinski definition) is 2. The highest BCUT2D eigenvalue weighted by atomic mass is 16.7. The molecule has 1 aliphatic rings. The topological polar surface area (TPSA) is 12.5 Å².